The minimum atomic E-state index is -0.605. The van der Waals surface area contributed by atoms with Crippen LogP contribution in [0.2, 0.25) is 5.15 Å². The van der Waals surface area contributed by atoms with Crippen LogP contribution in [-0.4, -0.2) is 22.2 Å². The van der Waals surface area contributed by atoms with Crippen molar-refractivity contribution in [3.8, 4) is 0 Å². The zero-order valence-corrected chi connectivity index (χ0v) is 13.6. The quantitative estimate of drug-likeness (QED) is 0.711. The second kappa shape index (κ2) is 8.50. The number of nitrogens with one attached hydrogen (secondary N) is 2. The molecule has 5 nitrogen and oxygen atoms in total. The Labute approximate surface area is 140 Å². The first-order valence-electron chi connectivity index (χ1n) is 7.42. The molecule has 2 aromatic rings. The Morgan fingerprint density at radius 3 is 2.65 bits per heavy atom. The first kappa shape index (κ1) is 17.2. The Morgan fingerprint density at radius 2 is 2.00 bits per heavy atom. The maximum absolute atomic E-state index is 11.9. The molecule has 0 saturated heterocycles. The highest BCUT2D eigenvalue weighted by molar-refractivity contribution is 6.29. The van der Waals surface area contributed by atoms with Crippen LogP contribution in [0.5, 0.6) is 0 Å². The molecule has 0 saturated carbocycles. The van der Waals surface area contributed by atoms with Crippen molar-refractivity contribution >= 4 is 17.6 Å². The van der Waals surface area contributed by atoms with Gasteiger partial charge in [0.25, 0.3) is 0 Å². The molecule has 1 heterocycles. The molecule has 0 fully saturated rings. The van der Waals surface area contributed by atoms with Gasteiger partial charge in [-0.05, 0) is 30.5 Å². The number of carbonyl (C=O) groups is 1. The van der Waals surface area contributed by atoms with Crippen LogP contribution in [0, 0.1) is 0 Å². The van der Waals surface area contributed by atoms with Gasteiger partial charge in [0, 0.05) is 18.8 Å². The molecule has 2 unspecified atom stereocenters. The van der Waals surface area contributed by atoms with Crippen LogP contribution < -0.4 is 10.6 Å². The van der Waals surface area contributed by atoms with Gasteiger partial charge in [-0.1, -0.05) is 48.0 Å². The van der Waals surface area contributed by atoms with Gasteiger partial charge in [0.2, 0.25) is 0 Å². The number of hydrogen-bond acceptors (Lipinski definition) is 3. The minimum absolute atomic E-state index is 0.159. The van der Waals surface area contributed by atoms with E-state index in [-0.39, 0.29) is 12.1 Å². The van der Waals surface area contributed by atoms with E-state index in [1.54, 1.807) is 18.3 Å². The summed E-state index contributed by atoms with van der Waals surface area (Å²) in [6, 6.07) is 12.4. The van der Waals surface area contributed by atoms with E-state index in [0.717, 1.165) is 11.1 Å². The summed E-state index contributed by atoms with van der Waals surface area (Å²) < 4.78 is 0. The van der Waals surface area contributed by atoms with Gasteiger partial charge in [-0.3, -0.25) is 0 Å². The van der Waals surface area contributed by atoms with Gasteiger partial charge >= 0.3 is 6.03 Å². The van der Waals surface area contributed by atoms with Crippen molar-refractivity contribution in [2.75, 3.05) is 0 Å². The lowest BCUT2D eigenvalue weighted by Gasteiger charge is -2.18. The van der Waals surface area contributed by atoms with Crippen molar-refractivity contribution in [3.05, 3.63) is 64.9 Å². The van der Waals surface area contributed by atoms with Gasteiger partial charge in [-0.15, -0.1) is 0 Å². The van der Waals surface area contributed by atoms with Crippen molar-refractivity contribution in [2.24, 2.45) is 0 Å². The fourth-order valence-corrected chi connectivity index (χ4v) is 2.29. The van der Waals surface area contributed by atoms with Gasteiger partial charge in [-0.2, -0.15) is 0 Å². The number of rotatable bonds is 6. The number of benzene rings is 1. The van der Waals surface area contributed by atoms with E-state index in [1.807, 2.05) is 37.3 Å². The molecule has 2 atom stereocenters. The highest BCUT2D eigenvalue weighted by Gasteiger charge is 2.14. The van der Waals surface area contributed by atoms with E-state index < -0.39 is 6.10 Å². The number of aliphatic hydroxyl groups excluding tert-OH is 1. The SMILES string of the molecule is CC(CC(O)c1ccccc1)NC(=O)NCc1ccc(Cl)nc1. The van der Waals surface area contributed by atoms with Gasteiger partial charge in [-0.25, -0.2) is 9.78 Å². The number of halogens is 1. The van der Waals surface area contributed by atoms with E-state index in [4.69, 9.17) is 11.6 Å². The molecular formula is C17H20ClN3O2. The molecule has 2 amide bonds. The first-order valence-corrected chi connectivity index (χ1v) is 7.80. The molecular weight excluding hydrogens is 314 g/mol. The second-order valence-electron chi connectivity index (χ2n) is 5.38. The molecule has 0 spiro atoms. The van der Waals surface area contributed by atoms with Crippen molar-refractivity contribution in [1.82, 2.24) is 15.6 Å². The summed E-state index contributed by atoms with van der Waals surface area (Å²) in [6.45, 7) is 2.22. The van der Waals surface area contributed by atoms with Gasteiger partial charge in [0.05, 0.1) is 6.10 Å². The molecule has 0 bridgehead atoms. The third-order valence-corrected chi connectivity index (χ3v) is 3.60. The number of pyridine rings is 1. The lowest BCUT2D eigenvalue weighted by Crippen LogP contribution is -2.41. The molecule has 6 heteroatoms. The Kier molecular flexibility index (Phi) is 6.38. The Bertz CT molecular complexity index is 619. The predicted molar refractivity (Wildman–Crippen MR) is 90.1 cm³/mol. The topological polar surface area (TPSA) is 74.2 Å². The third kappa shape index (κ3) is 5.88. The van der Waals surface area contributed by atoms with Crippen molar-refractivity contribution in [2.45, 2.75) is 32.0 Å². The first-order chi connectivity index (χ1) is 11.0. The smallest absolute Gasteiger partial charge is 0.315 e. The summed E-state index contributed by atoms with van der Waals surface area (Å²) in [6.07, 6.45) is 1.46. The average Bonchev–Trinajstić information content (AvgIpc) is 2.55. The van der Waals surface area contributed by atoms with E-state index in [9.17, 15) is 9.90 Å². The molecule has 1 aromatic carbocycles. The van der Waals surface area contributed by atoms with E-state index in [1.165, 1.54) is 0 Å². The monoisotopic (exact) mass is 333 g/mol. The van der Waals surface area contributed by atoms with Crippen molar-refractivity contribution < 1.29 is 9.90 Å². The molecule has 122 valence electrons. The van der Waals surface area contributed by atoms with Crippen molar-refractivity contribution in [1.29, 1.82) is 0 Å². The van der Waals surface area contributed by atoms with E-state index in [2.05, 4.69) is 15.6 Å². The number of aromatic nitrogens is 1. The standard InChI is InChI=1S/C17H20ClN3O2/c1-12(9-15(22)14-5-3-2-4-6-14)21-17(23)20-11-13-7-8-16(18)19-10-13/h2-8,10,12,15,22H,9,11H2,1H3,(H2,20,21,23). The number of nitrogens with zero attached hydrogens (tertiary/aromatic N) is 1. The number of hydrogen-bond donors (Lipinski definition) is 3. The largest absolute Gasteiger partial charge is 0.388 e. The zero-order valence-electron chi connectivity index (χ0n) is 12.9. The zero-order chi connectivity index (χ0) is 16.7. The van der Waals surface area contributed by atoms with Crippen LogP contribution in [-0.2, 0) is 6.54 Å². The number of amides is 2. The fourth-order valence-electron chi connectivity index (χ4n) is 2.17. The highest BCUT2D eigenvalue weighted by atomic mass is 35.5. The van der Waals surface area contributed by atoms with Crippen molar-refractivity contribution in [3.63, 3.8) is 0 Å². The highest BCUT2D eigenvalue weighted by Crippen LogP contribution is 2.17. The summed E-state index contributed by atoms with van der Waals surface area (Å²) in [5.74, 6) is 0. The minimum Gasteiger partial charge on any atom is -0.388 e. The molecule has 3 N–H and O–H groups in total. The van der Waals surface area contributed by atoms with Crippen LogP contribution in [0.3, 0.4) is 0 Å². The molecule has 2 rings (SSSR count). The Morgan fingerprint density at radius 1 is 1.26 bits per heavy atom. The third-order valence-electron chi connectivity index (χ3n) is 3.38. The van der Waals surface area contributed by atoms with E-state index in [0.29, 0.717) is 18.1 Å². The van der Waals surface area contributed by atoms with Crippen LogP contribution in [0.4, 0.5) is 4.79 Å². The fraction of sp³-hybridized carbons (Fsp3) is 0.294. The maximum atomic E-state index is 11.9. The van der Waals surface area contributed by atoms with Gasteiger partial charge in [0.1, 0.15) is 5.15 Å². The molecule has 1 aromatic heterocycles. The van der Waals surface area contributed by atoms with Crippen LogP contribution in [0.1, 0.15) is 30.6 Å². The Balaban J connectivity index is 1.75. The molecule has 0 aliphatic rings. The normalized spacial score (nSPS) is 13.2. The summed E-state index contributed by atoms with van der Waals surface area (Å²) >= 11 is 5.71. The van der Waals surface area contributed by atoms with Crippen LogP contribution >= 0.6 is 11.6 Å². The van der Waals surface area contributed by atoms with Crippen LogP contribution in [0.25, 0.3) is 0 Å². The predicted octanol–water partition coefficient (Wildman–Crippen LogP) is 3.05. The summed E-state index contributed by atoms with van der Waals surface area (Å²) in [5.41, 5.74) is 1.70. The number of aliphatic hydroxyl groups is 1. The van der Waals surface area contributed by atoms with Gasteiger partial charge < -0.3 is 15.7 Å². The average molecular weight is 334 g/mol. The summed E-state index contributed by atoms with van der Waals surface area (Å²) in [7, 11) is 0. The summed E-state index contributed by atoms with van der Waals surface area (Å²) in [4.78, 5) is 15.8. The molecule has 0 aliphatic heterocycles. The van der Waals surface area contributed by atoms with Gasteiger partial charge in [0.15, 0.2) is 0 Å². The second-order valence-corrected chi connectivity index (χ2v) is 5.77. The van der Waals surface area contributed by atoms with Crippen LogP contribution in [0.15, 0.2) is 48.7 Å². The lowest BCUT2D eigenvalue weighted by atomic mass is 10.0. The number of carbonyl (C=O) groups excluding carboxylic acids is 1. The number of urea groups is 1. The molecule has 0 radical (unpaired) electrons. The van der Waals surface area contributed by atoms with E-state index >= 15 is 0 Å². The summed E-state index contributed by atoms with van der Waals surface area (Å²) in [5, 5.41) is 16.1. The maximum Gasteiger partial charge on any atom is 0.315 e. The Hall–Kier alpha value is -2.11. The molecule has 0 aliphatic carbocycles. The molecule has 23 heavy (non-hydrogen) atoms. The lowest BCUT2D eigenvalue weighted by molar-refractivity contribution is 0.154.